The summed E-state index contributed by atoms with van der Waals surface area (Å²) in [5.74, 6) is 0.640. The van der Waals surface area contributed by atoms with Gasteiger partial charge in [0.15, 0.2) is 0 Å². The third-order valence-corrected chi connectivity index (χ3v) is 5.07. The number of benzene rings is 2. The molecule has 0 bridgehead atoms. The summed E-state index contributed by atoms with van der Waals surface area (Å²) in [7, 11) is 1.57. The highest BCUT2D eigenvalue weighted by molar-refractivity contribution is 5.90. The van der Waals surface area contributed by atoms with Crippen molar-refractivity contribution in [2.45, 2.75) is 26.8 Å². The molecule has 6 heteroatoms. The van der Waals surface area contributed by atoms with Gasteiger partial charge in [-0.1, -0.05) is 6.07 Å². The third-order valence-electron chi connectivity index (χ3n) is 5.07. The van der Waals surface area contributed by atoms with Crippen molar-refractivity contribution in [1.29, 1.82) is 0 Å². The van der Waals surface area contributed by atoms with Gasteiger partial charge < -0.3 is 19.4 Å². The number of anilines is 1. The van der Waals surface area contributed by atoms with Crippen LogP contribution >= 0.6 is 0 Å². The second-order valence-corrected chi connectivity index (χ2v) is 7.19. The van der Waals surface area contributed by atoms with E-state index in [4.69, 9.17) is 9.15 Å². The number of methoxy groups -OCH3 is 1. The Morgan fingerprint density at radius 2 is 1.86 bits per heavy atom. The van der Waals surface area contributed by atoms with Crippen LogP contribution in [0.2, 0.25) is 0 Å². The van der Waals surface area contributed by atoms with Crippen LogP contribution in [0.3, 0.4) is 0 Å². The summed E-state index contributed by atoms with van der Waals surface area (Å²) >= 11 is 0. The summed E-state index contributed by atoms with van der Waals surface area (Å²) in [6, 6.07) is 11.2. The van der Waals surface area contributed by atoms with Crippen LogP contribution in [0.1, 0.15) is 22.3 Å². The number of nitrogens with one attached hydrogen (secondary N) is 1. The smallest absolute Gasteiger partial charge is 0.341 e. The van der Waals surface area contributed by atoms with E-state index in [-0.39, 0.29) is 12.6 Å². The SMILES string of the molecule is COc1ccc2c3c(c(=O)oc2c1)CN(C(=O)Nc1cc(C)cc(C)c1)CC3. The number of carbonyl (C=O) groups is 1. The van der Waals surface area contributed by atoms with Gasteiger partial charge in [-0.05, 0) is 61.2 Å². The minimum absolute atomic E-state index is 0.218. The van der Waals surface area contributed by atoms with E-state index in [9.17, 15) is 9.59 Å². The van der Waals surface area contributed by atoms with Gasteiger partial charge in [0.05, 0.1) is 19.2 Å². The van der Waals surface area contributed by atoms with E-state index in [1.165, 1.54) is 0 Å². The van der Waals surface area contributed by atoms with E-state index in [0.29, 0.717) is 29.9 Å². The normalized spacial score (nSPS) is 13.3. The van der Waals surface area contributed by atoms with Gasteiger partial charge in [0.2, 0.25) is 0 Å². The van der Waals surface area contributed by atoms with Crippen molar-refractivity contribution in [2.24, 2.45) is 0 Å². The molecule has 1 aromatic heterocycles. The molecule has 2 aromatic carbocycles. The van der Waals surface area contributed by atoms with Gasteiger partial charge >= 0.3 is 11.7 Å². The van der Waals surface area contributed by atoms with Gasteiger partial charge in [-0.2, -0.15) is 0 Å². The Morgan fingerprint density at radius 1 is 1.11 bits per heavy atom. The number of carbonyl (C=O) groups excluding carboxylic acids is 1. The topological polar surface area (TPSA) is 71.8 Å². The second-order valence-electron chi connectivity index (χ2n) is 7.19. The Kier molecular flexibility index (Phi) is 4.55. The first-order chi connectivity index (χ1) is 13.4. The molecule has 0 radical (unpaired) electrons. The largest absolute Gasteiger partial charge is 0.497 e. The Hall–Kier alpha value is -3.28. The van der Waals surface area contributed by atoms with Crippen LogP contribution in [0, 0.1) is 13.8 Å². The van der Waals surface area contributed by atoms with Crippen molar-refractivity contribution < 1.29 is 13.9 Å². The number of hydrogen-bond donors (Lipinski definition) is 1. The van der Waals surface area contributed by atoms with E-state index in [2.05, 4.69) is 11.4 Å². The summed E-state index contributed by atoms with van der Waals surface area (Å²) in [6.07, 6.45) is 0.601. The summed E-state index contributed by atoms with van der Waals surface area (Å²) in [4.78, 5) is 26.9. The van der Waals surface area contributed by atoms with E-state index in [1.54, 1.807) is 18.1 Å². The lowest BCUT2D eigenvalue weighted by Crippen LogP contribution is -2.40. The predicted molar refractivity (Wildman–Crippen MR) is 108 cm³/mol. The van der Waals surface area contributed by atoms with E-state index in [1.807, 2.05) is 38.1 Å². The number of aryl methyl sites for hydroxylation is 2. The van der Waals surface area contributed by atoms with E-state index >= 15 is 0 Å². The van der Waals surface area contributed by atoms with E-state index < -0.39 is 5.63 Å². The fraction of sp³-hybridized carbons (Fsp3) is 0.273. The van der Waals surface area contributed by atoms with Crippen LogP contribution in [-0.4, -0.2) is 24.6 Å². The molecule has 4 rings (SSSR count). The fourth-order valence-electron chi connectivity index (χ4n) is 3.80. The zero-order valence-corrected chi connectivity index (χ0v) is 16.2. The zero-order chi connectivity index (χ0) is 19.8. The lowest BCUT2D eigenvalue weighted by Gasteiger charge is -2.28. The standard InChI is InChI=1S/C22H22N2O4/c1-13-8-14(2)10-15(9-13)23-22(26)24-7-6-17-18-5-4-16(27-3)11-20(18)28-21(25)19(17)12-24/h4-5,8-11H,6-7,12H2,1-3H3,(H,23,26). The first-order valence-electron chi connectivity index (χ1n) is 9.21. The second kappa shape index (κ2) is 7.03. The minimum atomic E-state index is -0.403. The van der Waals surface area contributed by atoms with Crippen LogP contribution in [0.25, 0.3) is 11.0 Å². The van der Waals surface area contributed by atoms with Crippen LogP contribution in [0.4, 0.5) is 10.5 Å². The lowest BCUT2D eigenvalue weighted by molar-refractivity contribution is 0.205. The van der Waals surface area contributed by atoms with Gasteiger partial charge in [0, 0.05) is 23.7 Å². The Bertz CT molecular complexity index is 1110. The third kappa shape index (κ3) is 3.33. The number of urea groups is 1. The van der Waals surface area contributed by atoms with Crippen molar-refractivity contribution in [3.63, 3.8) is 0 Å². The van der Waals surface area contributed by atoms with Crippen LogP contribution in [0.15, 0.2) is 45.6 Å². The van der Waals surface area contributed by atoms with Gasteiger partial charge in [-0.3, -0.25) is 0 Å². The number of ether oxygens (including phenoxy) is 1. The first kappa shape index (κ1) is 18.1. The molecule has 0 saturated heterocycles. The Balaban J connectivity index is 1.61. The first-order valence-corrected chi connectivity index (χ1v) is 9.21. The summed E-state index contributed by atoms with van der Waals surface area (Å²) < 4.78 is 10.7. The summed E-state index contributed by atoms with van der Waals surface area (Å²) in [5.41, 5.74) is 4.52. The lowest BCUT2D eigenvalue weighted by atomic mass is 9.97. The molecule has 2 amide bonds. The van der Waals surface area contributed by atoms with E-state index in [0.717, 1.165) is 27.8 Å². The van der Waals surface area contributed by atoms with Gasteiger partial charge in [-0.15, -0.1) is 0 Å². The molecular weight excluding hydrogens is 356 g/mol. The number of fused-ring (bicyclic) bond motifs is 3. The molecule has 0 spiro atoms. The maximum Gasteiger partial charge on any atom is 0.341 e. The molecule has 1 aliphatic rings. The average Bonchev–Trinajstić information content (AvgIpc) is 2.66. The molecule has 0 fully saturated rings. The molecule has 3 aromatic rings. The average molecular weight is 378 g/mol. The van der Waals surface area contributed by atoms with Gasteiger partial charge in [0.1, 0.15) is 11.3 Å². The quantitative estimate of drug-likeness (QED) is 0.684. The maximum absolute atomic E-state index is 12.7. The number of amides is 2. The highest BCUT2D eigenvalue weighted by atomic mass is 16.5. The summed E-state index contributed by atoms with van der Waals surface area (Å²) in [5, 5.41) is 3.83. The van der Waals surface area contributed by atoms with Crippen LogP contribution in [0.5, 0.6) is 5.75 Å². The number of hydrogen-bond acceptors (Lipinski definition) is 4. The molecule has 6 nitrogen and oxygen atoms in total. The van der Waals surface area contributed by atoms with Crippen molar-refractivity contribution in [2.75, 3.05) is 19.0 Å². The van der Waals surface area contributed by atoms with Gasteiger partial charge in [-0.25, -0.2) is 9.59 Å². The number of nitrogens with zero attached hydrogens (tertiary/aromatic N) is 1. The minimum Gasteiger partial charge on any atom is -0.497 e. The Labute approximate surface area is 162 Å². The van der Waals surface area contributed by atoms with Gasteiger partial charge in [0.25, 0.3) is 0 Å². The molecule has 144 valence electrons. The van der Waals surface area contributed by atoms with Crippen molar-refractivity contribution in [3.05, 3.63) is 69.1 Å². The molecule has 0 unspecified atom stereocenters. The predicted octanol–water partition coefficient (Wildman–Crippen LogP) is 4.01. The molecular formula is C22H22N2O4. The molecule has 0 aliphatic carbocycles. The molecule has 28 heavy (non-hydrogen) atoms. The van der Waals surface area contributed by atoms with Crippen LogP contribution in [-0.2, 0) is 13.0 Å². The maximum atomic E-state index is 12.7. The highest BCUT2D eigenvalue weighted by Crippen LogP contribution is 2.28. The highest BCUT2D eigenvalue weighted by Gasteiger charge is 2.26. The molecule has 2 heterocycles. The molecule has 0 saturated carbocycles. The van der Waals surface area contributed by atoms with Crippen molar-refractivity contribution in [3.8, 4) is 5.75 Å². The zero-order valence-electron chi connectivity index (χ0n) is 16.2. The fourth-order valence-corrected chi connectivity index (χ4v) is 3.80. The molecule has 1 N–H and O–H groups in total. The monoisotopic (exact) mass is 378 g/mol. The Morgan fingerprint density at radius 3 is 2.57 bits per heavy atom. The molecule has 1 aliphatic heterocycles. The molecule has 0 atom stereocenters. The number of rotatable bonds is 2. The van der Waals surface area contributed by atoms with Crippen LogP contribution < -0.4 is 15.7 Å². The summed E-state index contributed by atoms with van der Waals surface area (Å²) in [6.45, 7) is 4.75. The van der Waals surface area contributed by atoms with Crippen molar-refractivity contribution in [1.82, 2.24) is 4.90 Å². The van der Waals surface area contributed by atoms with Crippen molar-refractivity contribution >= 4 is 22.7 Å².